The van der Waals surface area contributed by atoms with E-state index in [1.807, 2.05) is 6.92 Å². The van der Waals surface area contributed by atoms with E-state index in [-0.39, 0.29) is 43.6 Å². The number of ether oxygens (including phenoxy) is 2. The monoisotopic (exact) mass is 677 g/mol. The Morgan fingerprint density at radius 2 is 1.96 bits per heavy atom. The lowest BCUT2D eigenvalue weighted by Gasteiger charge is -2.37. The van der Waals surface area contributed by atoms with Crippen molar-refractivity contribution in [1.29, 1.82) is 0 Å². The van der Waals surface area contributed by atoms with Crippen molar-refractivity contribution in [2.75, 3.05) is 33.0 Å². The maximum Gasteiger partial charge on any atom is 0.389 e. The lowest BCUT2D eigenvalue weighted by Crippen LogP contribution is -2.53. The van der Waals surface area contributed by atoms with Gasteiger partial charge >= 0.3 is 12.2 Å². The summed E-state index contributed by atoms with van der Waals surface area (Å²) in [7, 11) is 0. The molecule has 3 fully saturated rings. The van der Waals surface area contributed by atoms with Crippen LogP contribution in [0.15, 0.2) is 17.0 Å². The first-order valence-corrected chi connectivity index (χ1v) is 17.7. The third-order valence-corrected chi connectivity index (χ3v) is 10.5. The Kier molecular flexibility index (Phi) is 14.2. The molecule has 270 valence electrons. The molecule has 2 aliphatic carbocycles. The molecule has 0 aromatic rings. The first kappa shape index (κ1) is 37.8. The third-order valence-electron chi connectivity index (χ3n) is 10.5. The summed E-state index contributed by atoms with van der Waals surface area (Å²) in [4.78, 5) is 19.5. The molecular weight excluding hydrogens is 621 g/mol. The molecule has 8 nitrogen and oxygen atoms in total. The van der Waals surface area contributed by atoms with Crippen LogP contribution < -0.4 is 16.0 Å². The summed E-state index contributed by atoms with van der Waals surface area (Å²) in [5, 5.41) is 8.77. The summed E-state index contributed by atoms with van der Waals surface area (Å²) < 4.78 is 79.7. The van der Waals surface area contributed by atoms with Gasteiger partial charge in [0.1, 0.15) is 18.2 Å². The van der Waals surface area contributed by atoms with Gasteiger partial charge in [0.25, 0.3) is 0 Å². The fourth-order valence-electron chi connectivity index (χ4n) is 8.08. The quantitative estimate of drug-likeness (QED) is 0.153. The van der Waals surface area contributed by atoms with Gasteiger partial charge in [-0.05, 0) is 88.9 Å². The first-order chi connectivity index (χ1) is 22.4. The third kappa shape index (κ3) is 11.8. The highest BCUT2D eigenvalue weighted by Crippen LogP contribution is 2.40. The van der Waals surface area contributed by atoms with Crippen molar-refractivity contribution in [2.24, 2.45) is 28.7 Å². The summed E-state index contributed by atoms with van der Waals surface area (Å²) in [6, 6.07) is -1.25. The molecule has 0 aromatic heterocycles. The van der Waals surface area contributed by atoms with Crippen LogP contribution in [0, 0.1) is 23.7 Å². The summed E-state index contributed by atoms with van der Waals surface area (Å²) in [6.45, 7) is 8.73. The van der Waals surface area contributed by atoms with Crippen LogP contribution in [0.5, 0.6) is 0 Å². The van der Waals surface area contributed by atoms with Crippen molar-refractivity contribution in [1.82, 2.24) is 20.9 Å². The molecule has 0 spiro atoms. The SMILES string of the molecule is CCOC1(C)CCCC(C)CC1OCC1CCCN(C2C=NC=C(NC(=O)NC3CC(CC(F)(F)F)C[C@H](C(F)CCF)C3)N2)CC1. The first-order valence-electron chi connectivity index (χ1n) is 17.7. The highest BCUT2D eigenvalue weighted by atomic mass is 19.4. The summed E-state index contributed by atoms with van der Waals surface area (Å²) in [5.74, 6) is -0.155. The Labute approximate surface area is 277 Å². The van der Waals surface area contributed by atoms with Gasteiger partial charge in [-0.15, -0.1) is 0 Å². The molecule has 9 atom stereocenters. The van der Waals surface area contributed by atoms with Gasteiger partial charge in [-0.2, -0.15) is 13.2 Å². The van der Waals surface area contributed by atoms with Gasteiger partial charge in [0.15, 0.2) is 0 Å². The standard InChI is InChI=1S/C34H56F5N5O3/c1-4-47-33(3)11-5-7-23(2)15-29(33)46-22-24-8-6-13-44(14-10-24)31-21-40-20-30(42-31)43-32(45)41-27-17-25(19-34(37,38)39)16-26(18-27)28(36)9-12-35/h20-21,23-29,31,42H,4-19,22H2,1-3H3,(H2,41,43,45)/t23?,24?,25?,26-,27?,28?,29?,31?,33?/m0/s1. The minimum Gasteiger partial charge on any atom is -0.375 e. The van der Waals surface area contributed by atoms with Crippen molar-refractivity contribution in [3.8, 4) is 0 Å². The lowest BCUT2D eigenvalue weighted by atomic mass is 9.74. The second-order valence-electron chi connectivity index (χ2n) is 14.5. The van der Waals surface area contributed by atoms with Crippen LogP contribution in [0.25, 0.3) is 0 Å². The Bertz CT molecular complexity index is 1050. The number of urea groups is 1. The predicted octanol–water partition coefficient (Wildman–Crippen LogP) is 7.01. The molecule has 4 aliphatic rings. The fraction of sp³-hybridized carbons (Fsp3) is 0.882. The van der Waals surface area contributed by atoms with E-state index < -0.39 is 49.4 Å². The van der Waals surface area contributed by atoms with E-state index in [4.69, 9.17) is 9.47 Å². The topological polar surface area (TPSA) is 87.2 Å². The number of hydrogen-bond donors (Lipinski definition) is 3. The van der Waals surface area contributed by atoms with E-state index in [1.54, 1.807) is 6.21 Å². The number of hydrogen-bond acceptors (Lipinski definition) is 6. The van der Waals surface area contributed by atoms with Crippen LogP contribution in [-0.2, 0) is 9.47 Å². The van der Waals surface area contributed by atoms with Crippen molar-refractivity contribution in [3.05, 3.63) is 12.0 Å². The normalized spacial score (nSPS) is 34.8. The molecule has 47 heavy (non-hydrogen) atoms. The zero-order valence-electron chi connectivity index (χ0n) is 28.3. The van der Waals surface area contributed by atoms with Crippen molar-refractivity contribution in [2.45, 2.75) is 134 Å². The van der Waals surface area contributed by atoms with E-state index >= 15 is 0 Å². The molecule has 2 aliphatic heterocycles. The Morgan fingerprint density at radius 3 is 2.70 bits per heavy atom. The van der Waals surface area contributed by atoms with Crippen LogP contribution in [0.2, 0.25) is 0 Å². The van der Waals surface area contributed by atoms with E-state index in [2.05, 4.69) is 39.7 Å². The summed E-state index contributed by atoms with van der Waals surface area (Å²) >= 11 is 0. The Morgan fingerprint density at radius 1 is 1.15 bits per heavy atom. The maximum atomic E-state index is 14.6. The second kappa shape index (κ2) is 17.6. The molecule has 1 saturated heterocycles. The van der Waals surface area contributed by atoms with Gasteiger partial charge in [-0.1, -0.05) is 19.8 Å². The number of alkyl halides is 5. The Balaban J connectivity index is 1.25. The van der Waals surface area contributed by atoms with Gasteiger partial charge in [0.2, 0.25) is 0 Å². The van der Waals surface area contributed by atoms with Crippen LogP contribution >= 0.6 is 0 Å². The number of carbonyl (C=O) groups is 1. The lowest BCUT2D eigenvalue weighted by molar-refractivity contribution is -0.149. The largest absolute Gasteiger partial charge is 0.389 e. The summed E-state index contributed by atoms with van der Waals surface area (Å²) in [5.41, 5.74) is -0.255. The number of nitrogens with zero attached hydrogens (tertiary/aromatic N) is 2. The van der Waals surface area contributed by atoms with E-state index in [0.29, 0.717) is 30.9 Å². The zero-order chi connectivity index (χ0) is 34.0. The van der Waals surface area contributed by atoms with Crippen LogP contribution in [-0.4, -0.2) is 86.4 Å². The molecule has 0 aromatic carbocycles. The van der Waals surface area contributed by atoms with Crippen LogP contribution in [0.4, 0.5) is 26.7 Å². The second-order valence-corrected chi connectivity index (χ2v) is 14.5. The van der Waals surface area contributed by atoms with Gasteiger partial charge in [-0.3, -0.25) is 19.6 Å². The van der Waals surface area contributed by atoms with E-state index in [9.17, 15) is 26.7 Å². The van der Waals surface area contributed by atoms with Crippen molar-refractivity contribution < 1.29 is 36.2 Å². The number of nitrogens with one attached hydrogen (secondary N) is 3. The molecule has 3 N–H and O–H groups in total. The van der Waals surface area contributed by atoms with Gasteiger partial charge < -0.3 is 20.1 Å². The Hall–Kier alpha value is -1.99. The average Bonchev–Trinajstić information content (AvgIpc) is 3.31. The van der Waals surface area contributed by atoms with Gasteiger partial charge in [0.05, 0.1) is 24.6 Å². The predicted molar refractivity (Wildman–Crippen MR) is 172 cm³/mol. The number of carbonyl (C=O) groups excluding carboxylic acids is 1. The smallest absolute Gasteiger partial charge is 0.375 e. The van der Waals surface area contributed by atoms with E-state index in [0.717, 1.165) is 51.6 Å². The van der Waals surface area contributed by atoms with Crippen molar-refractivity contribution in [3.63, 3.8) is 0 Å². The maximum absolute atomic E-state index is 14.6. The molecule has 0 bridgehead atoms. The van der Waals surface area contributed by atoms with Gasteiger partial charge in [-0.25, -0.2) is 9.18 Å². The van der Waals surface area contributed by atoms with Crippen molar-refractivity contribution >= 4 is 12.2 Å². The van der Waals surface area contributed by atoms with E-state index in [1.165, 1.54) is 12.6 Å². The number of aliphatic imine (C=N–C) groups is 1. The number of rotatable bonds is 12. The minimum absolute atomic E-state index is 0.0266. The number of amides is 2. The van der Waals surface area contributed by atoms with Gasteiger partial charge in [0, 0.05) is 51.4 Å². The van der Waals surface area contributed by atoms with Crippen LogP contribution in [0.1, 0.15) is 97.8 Å². The molecule has 2 saturated carbocycles. The fourth-order valence-corrected chi connectivity index (χ4v) is 8.08. The molecule has 4 rings (SSSR count). The molecule has 0 radical (unpaired) electrons. The average molecular weight is 678 g/mol. The molecule has 8 unspecified atom stereocenters. The molecular formula is C34H56F5N5O3. The van der Waals surface area contributed by atoms with Crippen LogP contribution in [0.3, 0.4) is 0 Å². The summed E-state index contributed by atoms with van der Waals surface area (Å²) in [6.07, 6.45) is 3.47. The molecule has 2 amide bonds. The highest BCUT2D eigenvalue weighted by Gasteiger charge is 2.41. The molecule has 13 heteroatoms. The number of likely N-dealkylation sites (tertiary alicyclic amines) is 1. The number of halogens is 5. The highest BCUT2D eigenvalue weighted by molar-refractivity contribution is 5.77. The molecule has 2 heterocycles. The zero-order valence-corrected chi connectivity index (χ0v) is 28.3. The minimum atomic E-state index is -4.39.